The van der Waals surface area contributed by atoms with E-state index in [0.29, 0.717) is 12.1 Å². The summed E-state index contributed by atoms with van der Waals surface area (Å²) in [6, 6.07) is 12.7. The Labute approximate surface area is 164 Å². The summed E-state index contributed by atoms with van der Waals surface area (Å²) in [4.78, 5) is 26.7. The van der Waals surface area contributed by atoms with Gasteiger partial charge in [-0.3, -0.25) is 14.5 Å². The van der Waals surface area contributed by atoms with Crippen molar-refractivity contribution in [2.45, 2.75) is 35.2 Å². The molecular weight excluding hydrogens is 389 g/mol. The zero-order valence-corrected chi connectivity index (χ0v) is 15.6. The summed E-state index contributed by atoms with van der Waals surface area (Å²) in [7, 11) is 0. The van der Waals surface area contributed by atoms with Crippen molar-refractivity contribution in [3.8, 4) is 0 Å². The molecular formula is C20H17F3N2O2S. The number of rotatable bonds is 4. The SMILES string of the molecule is O=C1CC[C@@]2(C(=O)NCCc3ccccc3C(F)(F)F)Sc3ccccc3N12. The number of thioether (sulfide) groups is 1. The highest BCUT2D eigenvalue weighted by Crippen LogP contribution is 2.55. The fourth-order valence-corrected chi connectivity index (χ4v) is 5.20. The lowest BCUT2D eigenvalue weighted by Crippen LogP contribution is -2.52. The van der Waals surface area contributed by atoms with Crippen LogP contribution in [-0.2, 0) is 22.2 Å². The predicted molar refractivity (Wildman–Crippen MR) is 99.9 cm³/mol. The van der Waals surface area contributed by atoms with Gasteiger partial charge < -0.3 is 5.32 Å². The predicted octanol–water partition coefficient (Wildman–Crippen LogP) is 3.99. The summed E-state index contributed by atoms with van der Waals surface area (Å²) in [5, 5.41) is 2.75. The van der Waals surface area contributed by atoms with Crippen LogP contribution in [0.1, 0.15) is 24.0 Å². The van der Waals surface area contributed by atoms with Crippen LogP contribution in [0.25, 0.3) is 0 Å². The number of amides is 2. The number of hydrogen-bond acceptors (Lipinski definition) is 3. The fraction of sp³-hybridized carbons (Fsp3) is 0.300. The average Bonchev–Trinajstić information content (AvgIpc) is 3.17. The van der Waals surface area contributed by atoms with Gasteiger partial charge in [-0.25, -0.2) is 0 Å². The van der Waals surface area contributed by atoms with E-state index in [1.807, 2.05) is 18.2 Å². The number of carbonyl (C=O) groups excluding carboxylic acids is 2. The third-order valence-electron chi connectivity index (χ3n) is 5.03. The minimum Gasteiger partial charge on any atom is -0.353 e. The van der Waals surface area contributed by atoms with Gasteiger partial charge in [0.15, 0.2) is 4.87 Å². The molecule has 1 atom stereocenters. The van der Waals surface area contributed by atoms with E-state index >= 15 is 0 Å². The number of carbonyl (C=O) groups is 2. The Morgan fingerprint density at radius 3 is 2.64 bits per heavy atom. The van der Waals surface area contributed by atoms with Crippen molar-refractivity contribution in [1.82, 2.24) is 5.32 Å². The molecule has 4 nitrogen and oxygen atoms in total. The molecule has 2 amide bonds. The molecule has 2 aromatic carbocycles. The molecule has 0 spiro atoms. The van der Waals surface area contributed by atoms with Crippen LogP contribution in [0.3, 0.4) is 0 Å². The van der Waals surface area contributed by atoms with Crippen LogP contribution in [0.15, 0.2) is 53.4 Å². The van der Waals surface area contributed by atoms with Gasteiger partial charge in [0.1, 0.15) is 0 Å². The molecule has 1 saturated heterocycles. The molecule has 0 saturated carbocycles. The van der Waals surface area contributed by atoms with Crippen LogP contribution in [0.2, 0.25) is 0 Å². The van der Waals surface area contributed by atoms with Gasteiger partial charge in [0.25, 0.3) is 5.91 Å². The number of alkyl halides is 3. The van der Waals surface area contributed by atoms with Gasteiger partial charge in [-0.1, -0.05) is 42.1 Å². The second-order valence-electron chi connectivity index (χ2n) is 6.74. The quantitative estimate of drug-likeness (QED) is 0.835. The molecule has 28 heavy (non-hydrogen) atoms. The molecule has 2 aliphatic rings. The number of hydrogen-bond donors (Lipinski definition) is 1. The fourth-order valence-electron chi connectivity index (χ4n) is 3.76. The Morgan fingerprint density at radius 2 is 1.86 bits per heavy atom. The van der Waals surface area contributed by atoms with Crippen LogP contribution >= 0.6 is 11.8 Å². The molecule has 8 heteroatoms. The molecule has 4 rings (SSSR count). The first-order valence-corrected chi connectivity index (χ1v) is 9.69. The van der Waals surface area contributed by atoms with Crippen LogP contribution in [0, 0.1) is 0 Å². The molecule has 2 aromatic rings. The second kappa shape index (κ2) is 6.84. The van der Waals surface area contributed by atoms with Gasteiger partial charge >= 0.3 is 6.18 Å². The maximum atomic E-state index is 13.1. The molecule has 146 valence electrons. The van der Waals surface area contributed by atoms with E-state index in [0.717, 1.165) is 11.0 Å². The second-order valence-corrected chi connectivity index (χ2v) is 8.06. The first-order valence-electron chi connectivity index (χ1n) is 8.87. The Balaban J connectivity index is 1.49. The first kappa shape index (κ1) is 18.9. The van der Waals surface area contributed by atoms with E-state index < -0.39 is 16.6 Å². The third-order valence-corrected chi connectivity index (χ3v) is 6.51. The highest BCUT2D eigenvalue weighted by atomic mass is 32.2. The molecule has 0 aliphatic carbocycles. The molecule has 2 heterocycles. The lowest BCUT2D eigenvalue weighted by atomic mass is 10.0. The Morgan fingerprint density at radius 1 is 1.14 bits per heavy atom. The molecule has 0 unspecified atom stereocenters. The summed E-state index contributed by atoms with van der Waals surface area (Å²) in [5.41, 5.74) is 0.157. The maximum absolute atomic E-state index is 13.1. The number of benzene rings is 2. The van der Waals surface area contributed by atoms with E-state index in [1.165, 1.54) is 28.8 Å². The van der Waals surface area contributed by atoms with Crippen molar-refractivity contribution >= 4 is 29.3 Å². The summed E-state index contributed by atoms with van der Waals surface area (Å²) < 4.78 is 39.3. The van der Waals surface area contributed by atoms with E-state index in [4.69, 9.17) is 0 Å². The number of fused-ring (bicyclic) bond motifs is 3. The smallest absolute Gasteiger partial charge is 0.353 e. The molecule has 2 aliphatic heterocycles. The van der Waals surface area contributed by atoms with Crippen molar-refractivity contribution in [2.24, 2.45) is 0 Å². The van der Waals surface area contributed by atoms with Crippen molar-refractivity contribution in [2.75, 3.05) is 11.4 Å². The summed E-state index contributed by atoms with van der Waals surface area (Å²) in [5.74, 6) is -0.459. The van der Waals surface area contributed by atoms with Crippen molar-refractivity contribution in [3.63, 3.8) is 0 Å². The van der Waals surface area contributed by atoms with Gasteiger partial charge in [0.05, 0.1) is 11.3 Å². The summed E-state index contributed by atoms with van der Waals surface area (Å²) in [6.45, 7) is 0.0621. The molecule has 0 aromatic heterocycles. The zero-order valence-electron chi connectivity index (χ0n) is 14.8. The standard InChI is InChI=1S/C20H17F3N2O2S/c21-20(22,23)14-6-2-1-5-13(14)10-12-24-18(27)19-11-9-17(26)25(19)15-7-3-4-8-16(15)28-19/h1-8H,9-12H2,(H,24,27)/t19-/m0/s1. The topological polar surface area (TPSA) is 49.4 Å². The van der Waals surface area contributed by atoms with Gasteiger partial charge in [-0.05, 0) is 36.6 Å². The van der Waals surface area contributed by atoms with Crippen molar-refractivity contribution < 1.29 is 22.8 Å². The zero-order chi connectivity index (χ0) is 19.9. The van der Waals surface area contributed by atoms with Crippen molar-refractivity contribution in [1.29, 1.82) is 0 Å². The van der Waals surface area contributed by atoms with Gasteiger partial charge in [0, 0.05) is 17.9 Å². The Kier molecular flexibility index (Phi) is 4.61. The minimum atomic E-state index is -4.43. The maximum Gasteiger partial charge on any atom is 0.416 e. The Hall–Kier alpha value is -2.48. The van der Waals surface area contributed by atoms with Gasteiger partial charge in [-0.15, -0.1) is 0 Å². The summed E-state index contributed by atoms with van der Waals surface area (Å²) >= 11 is 1.33. The number of para-hydroxylation sites is 1. The molecule has 0 bridgehead atoms. The number of nitrogens with zero attached hydrogens (tertiary/aromatic N) is 1. The van der Waals surface area contributed by atoms with Crippen LogP contribution in [0.4, 0.5) is 18.9 Å². The summed E-state index contributed by atoms with van der Waals surface area (Å²) in [6.07, 6.45) is -3.73. The van der Waals surface area contributed by atoms with Gasteiger partial charge in [-0.2, -0.15) is 13.2 Å². The number of anilines is 1. The lowest BCUT2D eigenvalue weighted by molar-refractivity contribution is -0.138. The van der Waals surface area contributed by atoms with E-state index in [1.54, 1.807) is 12.1 Å². The van der Waals surface area contributed by atoms with E-state index in [-0.39, 0.29) is 36.8 Å². The lowest BCUT2D eigenvalue weighted by Gasteiger charge is -2.29. The Bertz CT molecular complexity index is 947. The van der Waals surface area contributed by atoms with Gasteiger partial charge in [0.2, 0.25) is 5.91 Å². The number of nitrogens with one attached hydrogen (secondary N) is 1. The number of halogens is 3. The average molecular weight is 406 g/mol. The first-order chi connectivity index (χ1) is 13.3. The molecule has 1 N–H and O–H groups in total. The molecule has 0 radical (unpaired) electrons. The van der Waals surface area contributed by atoms with Crippen molar-refractivity contribution in [3.05, 3.63) is 59.7 Å². The largest absolute Gasteiger partial charge is 0.416 e. The van der Waals surface area contributed by atoms with Crippen LogP contribution in [-0.4, -0.2) is 23.2 Å². The van der Waals surface area contributed by atoms with Crippen LogP contribution < -0.4 is 10.2 Å². The van der Waals surface area contributed by atoms with Crippen LogP contribution in [0.5, 0.6) is 0 Å². The third kappa shape index (κ3) is 3.05. The molecule has 1 fully saturated rings. The highest BCUT2D eigenvalue weighted by molar-refractivity contribution is 8.02. The minimum absolute atomic E-state index is 0.0586. The van der Waals surface area contributed by atoms with E-state index in [2.05, 4.69) is 5.32 Å². The highest BCUT2D eigenvalue weighted by Gasteiger charge is 2.57. The monoisotopic (exact) mass is 406 g/mol. The van der Waals surface area contributed by atoms with E-state index in [9.17, 15) is 22.8 Å². The normalized spacial score (nSPS) is 20.8.